The van der Waals surface area contributed by atoms with Crippen molar-refractivity contribution in [3.63, 3.8) is 0 Å². The minimum absolute atomic E-state index is 0.0625. The van der Waals surface area contributed by atoms with Crippen molar-refractivity contribution >= 4 is 22.9 Å². The van der Waals surface area contributed by atoms with Crippen LogP contribution in [0.5, 0.6) is 0 Å². The van der Waals surface area contributed by atoms with Gasteiger partial charge in [-0.15, -0.1) is 0 Å². The summed E-state index contributed by atoms with van der Waals surface area (Å²) in [7, 11) is 0. The molecule has 0 heterocycles. The van der Waals surface area contributed by atoms with E-state index in [0.717, 1.165) is 46.1 Å². The van der Waals surface area contributed by atoms with Gasteiger partial charge in [0.2, 0.25) is 0 Å². The van der Waals surface area contributed by atoms with Gasteiger partial charge in [0.25, 0.3) is 0 Å². The minimum atomic E-state index is -2.76. The first-order chi connectivity index (χ1) is 15.5. The van der Waals surface area contributed by atoms with E-state index in [2.05, 4.69) is 18.3 Å². The number of nitrogens with one attached hydrogen (secondary N) is 1. The maximum Gasteiger partial charge on any atom is 0.327 e. The van der Waals surface area contributed by atoms with Crippen molar-refractivity contribution in [1.29, 1.82) is 0 Å². The lowest BCUT2D eigenvalue weighted by molar-refractivity contribution is -0.138. The topological polar surface area (TPSA) is 92.7 Å². The fraction of sp³-hybridized carbons (Fsp3) is 0.240. The van der Waals surface area contributed by atoms with Crippen LogP contribution in [-0.2, 0) is 29.0 Å². The number of nitrogens with zero attached hydrogens (tertiary/aromatic N) is 1. The van der Waals surface area contributed by atoms with Crippen LogP contribution >= 0.6 is 0 Å². The first-order valence-corrected chi connectivity index (χ1v) is 11.6. The molecule has 2 unspecified atom stereocenters. The fourth-order valence-electron chi connectivity index (χ4n) is 3.57. The summed E-state index contributed by atoms with van der Waals surface area (Å²) >= 11 is -2.76. The summed E-state index contributed by atoms with van der Waals surface area (Å²) in [4.78, 5) is 12.0. The Morgan fingerprint density at radius 3 is 2.31 bits per heavy atom. The third kappa shape index (κ3) is 6.26. The molecule has 0 amide bonds. The third-order valence-electron chi connectivity index (χ3n) is 5.12. The monoisotopic (exact) mass is 451 g/mol. The molecule has 0 aliphatic rings. The van der Waals surface area contributed by atoms with E-state index >= 15 is 0 Å². The zero-order chi connectivity index (χ0) is 22.9. The number of carbonyl (C=O) groups is 1. The standard InChI is InChI=1S/C25H28N2O4S/c1-2-14-26-18-20-10-6-11-21(15-20)22-12-7-13-23(17-22)27(32(30)31)24(25(28)29)16-19-8-4-3-5-9-19/h3-13,15,17,24,26H,2,14,16,18H2,1H3,(H,28,29)(H,30,31)/p-1. The van der Waals surface area contributed by atoms with Crippen LogP contribution in [0, 0.1) is 0 Å². The quantitative estimate of drug-likeness (QED) is 0.337. The molecular weight excluding hydrogens is 424 g/mol. The predicted octanol–water partition coefficient (Wildman–Crippen LogP) is 4.15. The molecule has 3 aromatic rings. The molecule has 6 nitrogen and oxygen atoms in total. The number of carboxylic acid groups (broad SMARTS) is 1. The van der Waals surface area contributed by atoms with Gasteiger partial charge >= 0.3 is 5.97 Å². The van der Waals surface area contributed by atoms with Crippen LogP contribution < -0.4 is 9.62 Å². The number of anilines is 1. The summed E-state index contributed by atoms with van der Waals surface area (Å²) in [5, 5.41) is 13.2. The summed E-state index contributed by atoms with van der Waals surface area (Å²) in [6, 6.07) is 22.7. The summed E-state index contributed by atoms with van der Waals surface area (Å²) in [5.41, 5.74) is 3.94. The molecule has 0 aliphatic heterocycles. The smallest absolute Gasteiger partial charge is 0.327 e. The van der Waals surface area contributed by atoms with Gasteiger partial charge in [-0.05, 0) is 53.4 Å². The number of carboxylic acids is 1. The molecule has 2 N–H and O–H groups in total. The van der Waals surface area contributed by atoms with Gasteiger partial charge in [0, 0.05) is 29.9 Å². The number of hydrogen-bond acceptors (Lipinski definition) is 4. The molecule has 3 rings (SSSR count). The van der Waals surface area contributed by atoms with Gasteiger partial charge in [0.1, 0.15) is 6.04 Å². The molecule has 32 heavy (non-hydrogen) atoms. The molecule has 0 radical (unpaired) electrons. The Labute approximate surface area is 191 Å². The molecule has 3 aromatic carbocycles. The first-order valence-electron chi connectivity index (χ1n) is 10.5. The van der Waals surface area contributed by atoms with Crippen molar-refractivity contribution in [2.24, 2.45) is 0 Å². The second-order valence-electron chi connectivity index (χ2n) is 7.51. The maximum atomic E-state index is 12.1. The van der Waals surface area contributed by atoms with Gasteiger partial charge in [0.05, 0.1) is 0 Å². The Morgan fingerprint density at radius 1 is 1.00 bits per heavy atom. The number of hydrogen-bond donors (Lipinski definition) is 2. The summed E-state index contributed by atoms with van der Waals surface area (Å²) in [6.07, 6.45) is 1.12. The third-order valence-corrected chi connectivity index (χ3v) is 5.90. The van der Waals surface area contributed by atoms with Crippen molar-refractivity contribution < 1.29 is 18.7 Å². The number of aliphatic carboxylic acids is 1. The first kappa shape index (κ1) is 23.7. The molecule has 168 valence electrons. The van der Waals surface area contributed by atoms with E-state index in [0.29, 0.717) is 5.69 Å². The molecule has 7 heteroatoms. The molecule has 0 saturated heterocycles. The summed E-state index contributed by atoms with van der Waals surface area (Å²) < 4.78 is 25.2. The molecular formula is C25H27N2O4S-. The van der Waals surface area contributed by atoms with Gasteiger partial charge in [0.15, 0.2) is 0 Å². The highest BCUT2D eigenvalue weighted by Gasteiger charge is 2.27. The minimum Gasteiger partial charge on any atom is -0.755 e. The van der Waals surface area contributed by atoms with E-state index in [1.54, 1.807) is 42.5 Å². The molecule has 0 aliphatic carbocycles. The Hall–Kier alpha value is -3.00. The highest BCUT2D eigenvalue weighted by Crippen LogP contribution is 2.28. The largest absolute Gasteiger partial charge is 0.755 e. The van der Waals surface area contributed by atoms with Crippen molar-refractivity contribution in [2.45, 2.75) is 32.4 Å². The lowest BCUT2D eigenvalue weighted by atomic mass is 10.0. The Bertz CT molecular complexity index is 1060. The van der Waals surface area contributed by atoms with Gasteiger partial charge in [-0.25, -0.2) is 4.79 Å². The van der Waals surface area contributed by atoms with Crippen LogP contribution in [0.2, 0.25) is 0 Å². The zero-order valence-electron chi connectivity index (χ0n) is 17.9. The van der Waals surface area contributed by atoms with Crippen molar-refractivity contribution in [2.75, 3.05) is 10.8 Å². The van der Waals surface area contributed by atoms with Gasteiger partial charge in [-0.3, -0.25) is 8.51 Å². The SMILES string of the molecule is CCCNCc1cccc(-c2cccc(N(C(Cc3ccccc3)C(=O)O)S(=O)[O-])c2)c1. The average molecular weight is 452 g/mol. The predicted molar refractivity (Wildman–Crippen MR) is 127 cm³/mol. The molecule has 2 atom stereocenters. The summed E-state index contributed by atoms with van der Waals surface area (Å²) in [5.74, 6) is -1.20. The Morgan fingerprint density at radius 2 is 1.66 bits per heavy atom. The lowest BCUT2D eigenvalue weighted by Crippen LogP contribution is -2.44. The van der Waals surface area contributed by atoms with E-state index in [1.807, 2.05) is 30.3 Å². The zero-order valence-corrected chi connectivity index (χ0v) is 18.8. The van der Waals surface area contributed by atoms with Crippen molar-refractivity contribution in [3.05, 3.63) is 90.0 Å². The van der Waals surface area contributed by atoms with Gasteiger partial charge < -0.3 is 15.0 Å². The number of benzene rings is 3. The van der Waals surface area contributed by atoms with E-state index in [1.165, 1.54) is 0 Å². The number of rotatable bonds is 11. The van der Waals surface area contributed by atoms with Crippen LogP contribution in [0.1, 0.15) is 24.5 Å². The summed E-state index contributed by atoms with van der Waals surface area (Å²) in [6.45, 7) is 3.79. The normalized spacial score (nSPS) is 12.8. The fourth-order valence-corrected chi connectivity index (χ4v) is 4.23. The van der Waals surface area contributed by atoms with E-state index in [-0.39, 0.29) is 6.42 Å². The van der Waals surface area contributed by atoms with Gasteiger partial charge in [-0.2, -0.15) is 0 Å². The van der Waals surface area contributed by atoms with E-state index < -0.39 is 23.3 Å². The molecule has 0 aromatic heterocycles. The second kappa shape index (κ2) is 11.6. The molecule has 0 saturated carbocycles. The Kier molecular flexibility index (Phi) is 8.56. The van der Waals surface area contributed by atoms with Crippen LogP contribution in [0.25, 0.3) is 11.1 Å². The highest BCUT2D eigenvalue weighted by molar-refractivity contribution is 7.80. The molecule has 0 fully saturated rings. The molecule has 0 spiro atoms. The van der Waals surface area contributed by atoms with Crippen molar-refractivity contribution in [1.82, 2.24) is 5.32 Å². The van der Waals surface area contributed by atoms with E-state index in [4.69, 9.17) is 0 Å². The highest BCUT2D eigenvalue weighted by atomic mass is 32.2. The maximum absolute atomic E-state index is 12.1. The molecule has 0 bridgehead atoms. The lowest BCUT2D eigenvalue weighted by Gasteiger charge is -2.32. The van der Waals surface area contributed by atoms with Crippen LogP contribution in [0.4, 0.5) is 5.69 Å². The van der Waals surface area contributed by atoms with Crippen LogP contribution in [0.15, 0.2) is 78.9 Å². The Balaban J connectivity index is 1.91. The van der Waals surface area contributed by atoms with Crippen LogP contribution in [0.3, 0.4) is 0 Å². The van der Waals surface area contributed by atoms with E-state index in [9.17, 15) is 18.7 Å². The van der Waals surface area contributed by atoms with Crippen LogP contribution in [-0.4, -0.2) is 32.4 Å². The average Bonchev–Trinajstić information content (AvgIpc) is 2.80. The van der Waals surface area contributed by atoms with Crippen molar-refractivity contribution in [3.8, 4) is 11.1 Å². The van der Waals surface area contributed by atoms with Gasteiger partial charge in [-0.1, -0.05) is 67.6 Å². The second-order valence-corrected chi connectivity index (χ2v) is 8.34.